The molecule has 0 aliphatic heterocycles. The number of nitrogens with zero attached hydrogens (tertiary/aromatic N) is 4. The molecule has 1 N–H and O–H groups in total. The minimum atomic E-state index is 0.791. The SMILES string of the molecule is CN=C(NCCn1cccn1)N(C)Cc1ccc(Br)cc1. The molecule has 0 fully saturated rings. The van der Waals surface area contributed by atoms with Crippen LogP contribution in [-0.2, 0) is 13.1 Å². The Hall–Kier alpha value is -1.82. The molecular formula is C15H20BrN5. The van der Waals surface area contributed by atoms with Gasteiger partial charge in [0, 0.05) is 44.1 Å². The highest BCUT2D eigenvalue weighted by Crippen LogP contribution is 2.11. The van der Waals surface area contributed by atoms with Crippen molar-refractivity contribution in [2.45, 2.75) is 13.1 Å². The summed E-state index contributed by atoms with van der Waals surface area (Å²) in [6.45, 7) is 2.42. The van der Waals surface area contributed by atoms with Gasteiger partial charge in [-0.3, -0.25) is 9.67 Å². The maximum absolute atomic E-state index is 4.31. The van der Waals surface area contributed by atoms with Gasteiger partial charge in [-0.05, 0) is 23.8 Å². The van der Waals surface area contributed by atoms with Gasteiger partial charge in [-0.15, -0.1) is 0 Å². The molecule has 0 aliphatic carbocycles. The van der Waals surface area contributed by atoms with Crippen LogP contribution in [0.2, 0.25) is 0 Å². The van der Waals surface area contributed by atoms with Crippen LogP contribution in [-0.4, -0.2) is 41.3 Å². The molecule has 112 valence electrons. The average molecular weight is 350 g/mol. The second kappa shape index (κ2) is 7.83. The Balaban J connectivity index is 1.83. The molecule has 2 rings (SSSR count). The van der Waals surface area contributed by atoms with Crippen LogP contribution >= 0.6 is 15.9 Å². The number of halogens is 1. The third-order valence-electron chi connectivity index (χ3n) is 3.09. The molecule has 0 atom stereocenters. The van der Waals surface area contributed by atoms with Gasteiger partial charge < -0.3 is 10.2 Å². The predicted molar refractivity (Wildman–Crippen MR) is 89.2 cm³/mol. The molecule has 21 heavy (non-hydrogen) atoms. The molecule has 5 nitrogen and oxygen atoms in total. The summed E-state index contributed by atoms with van der Waals surface area (Å²) in [6.07, 6.45) is 3.74. The Bertz CT molecular complexity index is 562. The van der Waals surface area contributed by atoms with Crippen LogP contribution in [0, 0.1) is 0 Å². The number of hydrogen-bond donors (Lipinski definition) is 1. The fraction of sp³-hybridized carbons (Fsp3) is 0.333. The van der Waals surface area contributed by atoms with Gasteiger partial charge in [0.05, 0.1) is 6.54 Å². The maximum atomic E-state index is 4.31. The fourth-order valence-corrected chi connectivity index (χ4v) is 2.30. The molecule has 0 unspecified atom stereocenters. The molecule has 0 saturated heterocycles. The van der Waals surface area contributed by atoms with Gasteiger partial charge in [-0.2, -0.15) is 5.10 Å². The topological polar surface area (TPSA) is 45.5 Å². The molecule has 0 saturated carbocycles. The Morgan fingerprint density at radius 3 is 2.76 bits per heavy atom. The van der Waals surface area contributed by atoms with E-state index in [0.29, 0.717) is 0 Å². The highest BCUT2D eigenvalue weighted by atomic mass is 79.9. The summed E-state index contributed by atoms with van der Waals surface area (Å²) in [5.41, 5.74) is 1.25. The lowest BCUT2D eigenvalue weighted by molar-refractivity contribution is 0.470. The highest BCUT2D eigenvalue weighted by molar-refractivity contribution is 9.10. The van der Waals surface area contributed by atoms with E-state index in [0.717, 1.165) is 30.1 Å². The van der Waals surface area contributed by atoms with Crippen molar-refractivity contribution in [3.63, 3.8) is 0 Å². The predicted octanol–water partition coefficient (Wildman–Crippen LogP) is 2.35. The first-order valence-corrected chi connectivity index (χ1v) is 7.62. The number of aliphatic imine (C=N–C) groups is 1. The van der Waals surface area contributed by atoms with E-state index in [2.05, 4.69) is 60.5 Å². The van der Waals surface area contributed by atoms with Crippen molar-refractivity contribution < 1.29 is 0 Å². The average Bonchev–Trinajstić information content (AvgIpc) is 2.99. The first-order valence-electron chi connectivity index (χ1n) is 6.82. The summed E-state index contributed by atoms with van der Waals surface area (Å²) in [7, 11) is 3.83. The van der Waals surface area contributed by atoms with E-state index in [1.54, 1.807) is 13.2 Å². The number of guanidine groups is 1. The molecule has 0 aliphatic rings. The second-order valence-electron chi connectivity index (χ2n) is 4.73. The number of hydrogen-bond acceptors (Lipinski definition) is 2. The molecule has 1 aromatic carbocycles. The molecule has 0 bridgehead atoms. The van der Waals surface area contributed by atoms with Gasteiger partial charge in [0.2, 0.25) is 0 Å². The quantitative estimate of drug-likeness (QED) is 0.665. The summed E-state index contributed by atoms with van der Waals surface area (Å²) in [4.78, 5) is 6.42. The normalized spacial score (nSPS) is 11.5. The fourth-order valence-electron chi connectivity index (χ4n) is 2.04. The lowest BCUT2D eigenvalue weighted by atomic mass is 10.2. The molecule has 0 spiro atoms. The number of nitrogens with one attached hydrogen (secondary N) is 1. The monoisotopic (exact) mass is 349 g/mol. The lowest BCUT2D eigenvalue weighted by Crippen LogP contribution is -2.39. The van der Waals surface area contributed by atoms with Crippen LogP contribution in [0.3, 0.4) is 0 Å². The van der Waals surface area contributed by atoms with Gasteiger partial charge >= 0.3 is 0 Å². The van der Waals surface area contributed by atoms with E-state index < -0.39 is 0 Å². The van der Waals surface area contributed by atoms with Crippen LogP contribution < -0.4 is 5.32 Å². The third-order valence-corrected chi connectivity index (χ3v) is 3.62. The molecule has 1 heterocycles. The van der Waals surface area contributed by atoms with E-state index in [4.69, 9.17) is 0 Å². The molecule has 0 radical (unpaired) electrons. The van der Waals surface area contributed by atoms with Gasteiger partial charge in [-0.1, -0.05) is 28.1 Å². The number of benzene rings is 1. The van der Waals surface area contributed by atoms with Crippen molar-refractivity contribution in [1.29, 1.82) is 0 Å². The van der Waals surface area contributed by atoms with Crippen LogP contribution in [0.1, 0.15) is 5.56 Å². The largest absolute Gasteiger partial charge is 0.354 e. The van der Waals surface area contributed by atoms with Crippen molar-refractivity contribution >= 4 is 21.9 Å². The van der Waals surface area contributed by atoms with Gasteiger partial charge in [0.25, 0.3) is 0 Å². The van der Waals surface area contributed by atoms with E-state index in [9.17, 15) is 0 Å². The van der Waals surface area contributed by atoms with Crippen LogP contribution in [0.4, 0.5) is 0 Å². The van der Waals surface area contributed by atoms with Crippen molar-refractivity contribution in [3.05, 3.63) is 52.8 Å². The maximum Gasteiger partial charge on any atom is 0.193 e. The van der Waals surface area contributed by atoms with Crippen molar-refractivity contribution in [2.24, 2.45) is 4.99 Å². The molecule has 6 heteroatoms. The number of aromatic nitrogens is 2. The smallest absolute Gasteiger partial charge is 0.193 e. The van der Waals surface area contributed by atoms with Crippen LogP contribution in [0.25, 0.3) is 0 Å². The highest BCUT2D eigenvalue weighted by Gasteiger charge is 2.06. The standard InChI is InChI=1S/C15H20BrN5/c1-17-15(18-9-11-21-10-3-8-19-21)20(2)12-13-4-6-14(16)7-5-13/h3-8,10H,9,11-12H2,1-2H3,(H,17,18). The summed E-state index contributed by atoms with van der Waals surface area (Å²) in [5, 5.41) is 7.52. The minimum Gasteiger partial charge on any atom is -0.354 e. The zero-order chi connectivity index (χ0) is 15.1. The zero-order valence-corrected chi connectivity index (χ0v) is 13.9. The van der Waals surface area contributed by atoms with E-state index in [-0.39, 0.29) is 0 Å². The van der Waals surface area contributed by atoms with Gasteiger partial charge in [0.1, 0.15) is 0 Å². The summed E-state index contributed by atoms with van der Waals surface area (Å²) < 4.78 is 2.99. The first kappa shape index (κ1) is 15.6. The van der Waals surface area contributed by atoms with Gasteiger partial charge in [0.15, 0.2) is 5.96 Å². The molecular weight excluding hydrogens is 330 g/mol. The minimum absolute atomic E-state index is 0.791. The Labute approximate surface area is 133 Å². The summed E-state index contributed by atoms with van der Waals surface area (Å²) in [6, 6.07) is 10.2. The second-order valence-corrected chi connectivity index (χ2v) is 5.64. The third kappa shape index (κ3) is 4.90. The van der Waals surface area contributed by atoms with Gasteiger partial charge in [-0.25, -0.2) is 0 Å². The molecule has 1 aromatic heterocycles. The summed E-state index contributed by atoms with van der Waals surface area (Å²) in [5.74, 6) is 0.880. The Kier molecular flexibility index (Phi) is 5.80. The summed E-state index contributed by atoms with van der Waals surface area (Å²) >= 11 is 3.45. The van der Waals surface area contributed by atoms with E-state index in [1.165, 1.54) is 5.56 Å². The van der Waals surface area contributed by atoms with Crippen molar-refractivity contribution in [1.82, 2.24) is 20.0 Å². The molecule has 2 aromatic rings. The van der Waals surface area contributed by atoms with E-state index in [1.807, 2.05) is 24.0 Å². The number of rotatable bonds is 5. The molecule has 0 amide bonds. The first-order chi connectivity index (χ1) is 10.2. The Morgan fingerprint density at radius 1 is 1.38 bits per heavy atom. The lowest BCUT2D eigenvalue weighted by Gasteiger charge is -2.22. The van der Waals surface area contributed by atoms with Crippen molar-refractivity contribution in [3.8, 4) is 0 Å². The van der Waals surface area contributed by atoms with E-state index >= 15 is 0 Å². The van der Waals surface area contributed by atoms with Crippen LogP contribution in [0.15, 0.2) is 52.2 Å². The van der Waals surface area contributed by atoms with Crippen molar-refractivity contribution in [2.75, 3.05) is 20.6 Å². The zero-order valence-electron chi connectivity index (χ0n) is 12.3. The Morgan fingerprint density at radius 2 is 2.14 bits per heavy atom. The van der Waals surface area contributed by atoms with Crippen LogP contribution in [0.5, 0.6) is 0 Å².